The van der Waals surface area contributed by atoms with Gasteiger partial charge in [0, 0.05) is 26.2 Å². The lowest BCUT2D eigenvalue weighted by Gasteiger charge is -2.43. The number of nitrogens with zero attached hydrogens (tertiary/aromatic N) is 3. The molecule has 0 saturated carbocycles. The van der Waals surface area contributed by atoms with E-state index in [1.807, 2.05) is 36.1 Å². The van der Waals surface area contributed by atoms with Crippen LogP contribution in [0.15, 0.2) is 24.3 Å². The zero-order valence-corrected chi connectivity index (χ0v) is 14.4. The smallest absolute Gasteiger partial charge is 0.239 e. The van der Waals surface area contributed by atoms with Crippen molar-refractivity contribution in [3.8, 4) is 5.75 Å². The number of rotatable bonds is 4. The Labute approximate surface area is 138 Å². The average molecular weight is 317 g/mol. The summed E-state index contributed by atoms with van der Waals surface area (Å²) in [5.41, 5.74) is 1.23. The van der Waals surface area contributed by atoms with Gasteiger partial charge in [0.2, 0.25) is 5.91 Å². The van der Waals surface area contributed by atoms with Crippen molar-refractivity contribution in [2.24, 2.45) is 0 Å². The average Bonchev–Trinajstić information content (AvgIpc) is 2.52. The van der Waals surface area contributed by atoms with Crippen molar-refractivity contribution < 1.29 is 9.53 Å². The summed E-state index contributed by atoms with van der Waals surface area (Å²) >= 11 is 0. The van der Waals surface area contributed by atoms with Gasteiger partial charge in [-0.3, -0.25) is 9.69 Å². The number of piperazine rings is 1. The topological polar surface area (TPSA) is 36.0 Å². The first-order valence-electron chi connectivity index (χ1n) is 8.47. The molecule has 2 heterocycles. The van der Waals surface area contributed by atoms with Crippen molar-refractivity contribution in [2.75, 3.05) is 46.3 Å². The van der Waals surface area contributed by atoms with Crippen molar-refractivity contribution in [1.29, 1.82) is 0 Å². The summed E-state index contributed by atoms with van der Waals surface area (Å²) in [6, 6.07) is 8.06. The van der Waals surface area contributed by atoms with Gasteiger partial charge in [0.15, 0.2) is 0 Å². The van der Waals surface area contributed by atoms with Crippen molar-refractivity contribution in [2.45, 2.75) is 26.0 Å². The number of likely N-dealkylation sites (N-methyl/N-ethyl adjacent to an activating group) is 1. The van der Waals surface area contributed by atoms with Crippen molar-refractivity contribution in [3.05, 3.63) is 29.8 Å². The maximum Gasteiger partial charge on any atom is 0.239 e. The van der Waals surface area contributed by atoms with Crippen LogP contribution in [-0.4, -0.2) is 79.1 Å². The maximum atomic E-state index is 12.6. The number of hydrogen-bond donors (Lipinski definition) is 0. The van der Waals surface area contributed by atoms with E-state index < -0.39 is 0 Å². The molecule has 1 amide bonds. The Balaban J connectivity index is 1.45. The Morgan fingerprint density at radius 3 is 2.35 bits per heavy atom. The van der Waals surface area contributed by atoms with E-state index in [1.54, 1.807) is 0 Å². The predicted octanol–water partition coefficient (Wildman–Crippen LogP) is 1.22. The fourth-order valence-corrected chi connectivity index (χ4v) is 3.13. The number of carbonyl (C=O) groups excluding carboxylic acids is 1. The highest BCUT2D eigenvalue weighted by molar-refractivity contribution is 5.82. The molecule has 0 aromatic heterocycles. The van der Waals surface area contributed by atoms with Gasteiger partial charge in [-0.25, -0.2) is 0 Å². The van der Waals surface area contributed by atoms with Gasteiger partial charge >= 0.3 is 0 Å². The van der Waals surface area contributed by atoms with Crippen molar-refractivity contribution in [3.63, 3.8) is 0 Å². The molecule has 2 saturated heterocycles. The van der Waals surface area contributed by atoms with Gasteiger partial charge in [-0.15, -0.1) is 0 Å². The number of likely N-dealkylation sites (tertiary alicyclic amines) is 1. The van der Waals surface area contributed by atoms with E-state index >= 15 is 0 Å². The maximum absolute atomic E-state index is 12.6. The number of ether oxygens (including phenoxy) is 1. The van der Waals surface area contributed by atoms with E-state index in [1.165, 1.54) is 5.56 Å². The zero-order valence-electron chi connectivity index (χ0n) is 14.4. The fourth-order valence-electron chi connectivity index (χ4n) is 3.13. The molecule has 2 aliphatic heterocycles. The van der Waals surface area contributed by atoms with Gasteiger partial charge < -0.3 is 14.5 Å². The Bertz CT molecular complexity index is 532. The summed E-state index contributed by atoms with van der Waals surface area (Å²) in [5, 5.41) is 0. The van der Waals surface area contributed by atoms with Crippen LogP contribution in [0.25, 0.3) is 0 Å². The predicted molar refractivity (Wildman–Crippen MR) is 90.7 cm³/mol. The van der Waals surface area contributed by atoms with Crippen LogP contribution in [0.5, 0.6) is 5.75 Å². The molecule has 0 bridgehead atoms. The lowest BCUT2D eigenvalue weighted by molar-refractivity contribution is -0.146. The zero-order chi connectivity index (χ0) is 16.4. The summed E-state index contributed by atoms with van der Waals surface area (Å²) in [5.74, 6) is 1.12. The Morgan fingerprint density at radius 2 is 1.74 bits per heavy atom. The number of benzene rings is 1. The van der Waals surface area contributed by atoms with E-state index in [0.717, 1.165) is 31.9 Å². The molecule has 1 unspecified atom stereocenters. The molecule has 0 spiro atoms. The molecule has 2 fully saturated rings. The lowest BCUT2D eigenvalue weighted by Crippen LogP contribution is -2.61. The van der Waals surface area contributed by atoms with Crippen LogP contribution in [0, 0.1) is 6.92 Å². The van der Waals surface area contributed by atoms with Crippen LogP contribution in [0.2, 0.25) is 0 Å². The molecule has 0 radical (unpaired) electrons. The minimum absolute atomic E-state index is 0.0241. The van der Waals surface area contributed by atoms with Gasteiger partial charge in [-0.2, -0.15) is 0 Å². The summed E-state index contributed by atoms with van der Waals surface area (Å²) in [7, 11) is 2.13. The van der Waals surface area contributed by atoms with Crippen LogP contribution < -0.4 is 4.74 Å². The summed E-state index contributed by atoms with van der Waals surface area (Å²) < 4.78 is 5.91. The summed E-state index contributed by atoms with van der Waals surface area (Å²) in [6.07, 6.45) is 0.126. The number of amides is 1. The first kappa shape index (κ1) is 16.3. The minimum atomic E-state index is -0.0241. The number of hydrogen-bond acceptors (Lipinski definition) is 4. The highest BCUT2D eigenvalue weighted by atomic mass is 16.5. The van der Waals surface area contributed by atoms with Gasteiger partial charge in [-0.1, -0.05) is 17.7 Å². The second-order valence-electron chi connectivity index (χ2n) is 6.81. The summed E-state index contributed by atoms with van der Waals surface area (Å²) in [6.45, 7) is 9.51. The van der Waals surface area contributed by atoms with E-state index in [-0.39, 0.29) is 18.1 Å². The number of carbonyl (C=O) groups is 1. The molecule has 1 aromatic rings. The fraction of sp³-hybridized carbons (Fsp3) is 0.611. The highest BCUT2D eigenvalue weighted by Crippen LogP contribution is 2.20. The lowest BCUT2D eigenvalue weighted by atomic mass is 10.1. The van der Waals surface area contributed by atoms with Crippen molar-refractivity contribution in [1.82, 2.24) is 14.7 Å². The molecular weight excluding hydrogens is 290 g/mol. The molecule has 3 rings (SSSR count). The first-order chi connectivity index (χ1) is 11.0. The Morgan fingerprint density at radius 1 is 1.13 bits per heavy atom. The first-order valence-corrected chi connectivity index (χ1v) is 8.47. The van der Waals surface area contributed by atoms with Gasteiger partial charge in [0.05, 0.1) is 19.1 Å². The molecule has 0 N–H and O–H groups in total. The molecule has 23 heavy (non-hydrogen) atoms. The standard InChI is InChI=1S/C18H27N3O2/c1-14-4-6-16(7-5-14)23-17-12-21(13-17)18(22)15(2)20-10-8-19(3)9-11-20/h4-7,15,17H,8-13H2,1-3H3. The third-order valence-corrected chi connectivity index (χ3v) is 4.93. The van der Waals surface area contributed by atoms with E-state index in [9.17, 15) is 4.79 Å². The van der Waals surface area contributed by atoms with Crippen LogP contribution in [0.3, 0.4) is 0 Å². The molecule has 5 nitrogen and oxygen atoms in total. The van der Waals surface area contributed by atoms with E-state index in [0.29, 0.717) is 13.1 Å². The third kappa shape index (κ3) is 3.85. The quantitative estimate of drug-likeness (QED) is 0.837. The largest absolute Gasteiger partial charge is 0.487 e. The molecular formula is C18H27N3O2. The van der Waals surface area contributed by atoms with E-state index in [4.69, 9.17) is 4.74 Å². The summed E-state index contributed by atoms with van der Waals surface area (Å²) in [4.78, 5) is 19.1. The SMILES string of the molecule is Cc1ccc(OC2CN(C(=O)C(C)N3CCN(C)CC3)C2)cc1. The monoisotopic (exact) mass is 317 g/mol. The van der Waals surface area contributed by atoms with Crippen LogP contribution in [0.1, 0.15) is 12.5 Å². The van der Waals surface area contributed by atoms with Gasteiger partial charge in [0.25, 0.3) is 0 Å². The molecule has 126 valence electrons. The third-order valence-electron chi connectivity index (χ3n) is 4.93. The molecule has 1 atom stereocenters. The Hall–Kier alpha value is -1.59. The number of aryl methyl sites for hydroxylation is 1. The van der Waals surface area contributed by atoms with Crippen LogP contribution >= 0.6 is 0 Å². The molecule has 5 heteroatoms. The van der Waals surface area contributed by atoms with Gasteiger partial charge in [-0.05, 0) is 33.0 Å². The molecule has 2 aliphatic rings. The van der Waals surface area contributed by atoms with Gasteiger partial charge in [0.1, 0.15) is 11.9 Å². The second kappa shape index (κ2) is 6.89. The molecule has 1 aromatic carbocycles. The molecule has 0 aliphatic carbocycles. The normalized spacial score (nSPS) is 21.8. The van der Waals surface area contributed by atoms with Crippen LogP contribution in [0.4, 0.5) is 0 Å². The van der Waals surface area contributed by atoms with Crippen LogP contribution in [-0.2, 0) is 4.79 Å². The minimum Gasteiger partial charge on any atom is -0.487 e. The highest BCUT2D eigenvalue weighted by Gasteiger charge is 2.36. The van der Waals surface area contributed by atoms with Crippen molar-refractivity contribution >= 4 is 5.91 Å². The Kier molecular flexibility index (Phi) is 4.87. The second-order valence-corrected chi connectivity index (χ2v) is 6.81. The van der Waals surface area contributed by atoms with E-state index in [2.05, 4.69) is 23.8 Å².